The first kappa shape index (κ1) is 14.9. The van der Waals surface area contributed by atoms with Crippen LogP contribution in [0.25, 0.3) is 0 Å². The normalized spacial score (nSPS) is 18.4. The van der Waals surface area contributed by atoms with Gasteiger partial charge in [0.2, 0.25) is 0 Å². The Morgan fingerprint density at radius 1 is 1.21 bits per heavy atom. The molecule has 1 aromatic carbocycles. The monoisotopic (exact) mass is 281 g/mol. The molecule has 1 atom stereocenters. The van der Waals surface area contributed by atoms with Crippen molar-refractivity contribution in [1.29, 1.82) is 0 Å². The number of nitrogens with one attached hydrogen (secondary N) is 1. The van der Waals surface area contributed by atoms with E-state index in [2.05, 4.69) is 24.0 Å². The highest BCUT2D eigenvalue weighted by Gasteiger charge is 2.17. The van der Waals surface area contributed by atoms with E-state index in [0.29, 0.717) is 6.04 Å². The zero-order chi connectivity index (χ0) is 13.5. The first-order valence-electron chi connectivity index (χ1n) is 7.40. The van der Waals surface area contributed by atoms with E-state index in [4.69, 9.17) is 0 Å². The summed E-state index contributed by atoms with van der Waals surface area (Å²) in [5, 5.41) is 4.34. The number of rotatable bonds is 6. The van der Waals surface area contributed by atoms with Gasteiger partial charge in [-0.05, 0) is 37.1 Å². The van der Waals surface area contributed by atoms with Crippen LogP contribution < -0.4 is 5.32 Å². The summed E-state index contributed by atoms with van der Waals surface area (Å²) in [5.41, 5.74) is 1.20. The Balaban J connectivity index is 1.89. The van der Waals surface area contributed by atoms with Gasteiger partial charge in [-0.1, -0.05) is 38.3 Å². The van der Waals surface area contributed by atoms with Gasteiger partial charge in [-0.15, -0.1) is 0 Å². The third kappa shape index (κ3) is 4.81. The first-order valence-corrected chi connectivity index (χ1v) is 8.45. The lowest BCUT2D eigenvalue weighted by atomic mass is 10.0. The van der Waals surface area contributed by atoms with Gasteiger partial charge in [-0.3, -0.25) is 0 Å². The molecule has 0 aromatic heterocycles. The van der Waals surface area contributed by atoms with E-state index in [0.717, 1.165) is 17.5 Å². The third-order valence-electron chi connectivity index (χ3n) is 3.77. The molecule has 0 bridgehead atoms. The molecule has 0 saturated heterocycles. The Hall–Kier alpha value is -0.540. The van der Waals surface area contributed by atoms with E-state index in [1.54, 1.807) is 12.1 Å². The number of halogens is 1. The molecule has 2 rings (SSSR count). The maximum atomic E-state index is 13.0. The Labute approximate surface area is 120 Å². The fourth-order valence-corrected chi connectivity index (χ4v) is 4.12. The van der Waals surface area contributed by atoms with Crippen LogP contribution in [0, 0.1) is 5.82 Å². The van der Waals surface area contributed by atoms with Crippen LogP contribution in [0.3, 0.4) is 0 Å². The molecule has 0 radical (unpaired) electrons. The summed E-state index contributed by atoms with van der Waals surface area (Å²) in [7, 11) is 0. The highest BCUT2D eigenvalue weighted by molar-refractivity contribution is 7.99. The fourth-order valence-electron chi connectivity index (χ4n) is 2.68. The summed E-state index contributed by atoms with van der Waals surface area (Å²) >= 11 is 2.09. The van der Waals surface area contributed by atoms with Crippen LogP contribution in [0.15, 0.2) is 24.3 Å². The summed E-state index contributed by atoms with van der Waals surface area (Å²) in [4.78, 5) is 0. The van der Waals surface area contributed by atoms with Crippen molar-refractivity contribution in [3.05, 3.63) is 35.6 Å². The maximum Gasteiger partial charge on any atom is 0.123 e. The van der Waals surface area contributed by atoms with E-state index in [1.165, 1.54) is 37.7 Å². The standard InChI is InChI=1S/C16H24FNS/c1-2-18-16(13-8-10-14(17)11-9-13)12-19-15-6-4-3-5-7-15/h8-11,15-16,18H,2-7,12H2,1H3. The van der Waals surface area contributed by atoms with Gasteiger partial charge in [0.05, 0.1) is 0 Å². The van der Waals surface area contributed by atoms with Crippen molar-refractivity contribution in [2.45, 2.75) is 50.3 Å². The molecule has 1 unspecified atom stereocenters. The highest BCUT2D eigenvalue weighted by atomic mass is 32.2. The van der Waals surface area contributed by atoms with Gasteiger partial charge in [0, 0.05) is 17.0 Å². The first-order chi connectivity index (χ1) is 9.29. The number of hydrogen-bond donors (Lipinski definition) is 1. The van der Waals surface area contributed by atoms with Crippen LogP contribution in [0.4, 0.5) is 4.39 Å². The Morgan fingerprint density at radius 2 is 1.89 bits per heavy atom. The highest BCUT2D eigenvalue weighted by Crippen LogP contribution is 2.31. The number of thioether (sulfide) groups is 1. The molecule has 1 fully saturated rings. The van der Waals surface area contributed by atoms with Crippen LogP contribution in [-0.2, 0) is 0 Å². The van der Waals surface area contributed by atoms with Gasteiger partial charge in [-0.25, -0.2) is 4.39 Å². The second-order valence-electron chi connectivity index (χ2n) is 5.26. The zero-order valence-corrected chi connectivity index (χ0v) is 12.5. The quantitative estimate of drug-likeness (QED) is 0.821. The average molecular weight is 281 g/mol. The lowest BCUT2D eigenvalue weighted by molar-refractivity contribution is 0.514. The molecule has 1 N–H and O–H groups in total. The smallest absolute Gasteiger partial charge is 0.123 e. The molecule has 1 nitrogen and oxygen atoms in total. The SMILES string of the molecule is CCNC(CSC1CCCCC1)c1ccc(F)cc1. The van der Waals surface area contributed by atoms with Crippen molar-refractivity contribution in [2.75, 3.05) is 12.3 Å². The second-order valence-corrected chi connectivity index (χ2v) is 6.59. The van der Waals surface area contributed by atoms with Crippen LogP contribution >= 0.6 is 11.8 Å². The van der Waals surface area contributed by atoms with Crippen LogP contribution in [0.2, 0.25) is 0 Å². The summed E-state index contributed by atoms with van der Waals surface area (Å²) in [6.07, 6.45) is 6.92. The average Bonchev–Trinajstić information content (AvgIpc) is 2.46. The van der Waals surface area contributed by atoms with Crippen molar-refractivity contribution in [2.24, 2.45) is 0 Å². The van der Waals surface area contributed by atoms with E-state index in [1.807, 2.05) is 12.1 Å². The van der Waals surface area contributed by atoms with Gasteiger partial charge in [0.15, 0.2) is 0 Å². The molecule has 19 heavy (non-hydrogen) atoms. The maximum absolute atomic E-state index is 13.0. The molecule has 3 heteroatoms. The minimum atomic E-state index is -0.154. The van der Waals surface area contributed by atoms with Crippen molar-refractivity contribution < 1.29 is 4.39 Å². The van der Waals surface area contributed by atoms with E-state index >= 15 is 0 Å². The molecular formula is C16H24FNS. The van der Waals surface area contributed by atoms with E-state index in [-0.39, 0.29) is 5.82 Å². The molecule has 0 amide bonds. The predicted octanol–water partition coefficient (Wildman–Crippen LogP) is 4.54. The zero-order valence-electron chi connectivity index (χ0n) is 11.7. The predicted molar refractivity (Wildman–Crippen MR) is 82.1 cm³/mol. The van der Waals surface area contributed by atoms with Crippen molar-refractivity contribution in [1.82, 2.24) is 5.32 Å². The number of benzene rings is 1. The van der Waals surface area contributed by atoms with E-state index < -0.39 is 0 Å². The molecule has 0 aliphatic heterocycles. The van der Waals surface area contributed by atoms with Gasteiger partial charge < -0.3 is 5.32 Å². The van der Waals surface area contributed by atoms with Gasteiger partial charge in [0.25, 0.3) is 0 Å². The Morgan fingerprint density at radius 3 is 2.53 bits per heavy atom. The van der Waals surface area contributed by atoms with Gasteiger partial charge in [-0.2, -0.15) is 11.8 Å². The third-order valence-corrected chi connectivity index (χ3v) is 5.24. The van der Waals surface area contributed by atoms with Crippen molar-refractivity contribution in [3.8, 4) is 0 Å². The van der Waals surface area contributed by atoms with Gasteiger partial charge in [0.1, 0.15) is 5.82 Å². The molecule has 1 aliphatic rings. The number of hydrogen-bond acceptors (Lipinski definition) is 2. The molecule has 106 valence electrons. The van der Waals surface area contributed by atoms with Crippen molar-refractivity contribution in [3.63, 3.8) is 0 Å². The molecule has 1 aromatic rings. The summed E-state index contributed by atoms with van der Waals surface area (Å²) in [6.45, 7) is 3.08. The fraction of sp³-hybridized carbons (Fsp3) is 0.625. The lowest BCUT2D eigenvalue weighted by Gasteiger charge is -2.24. The van der Waals surface area contributed by atoms with Gasteiger partial charge >= 0.3 is 0 Å². The minimum Gasteiger partial charge on any atom is -0.310 e. The van der Waals surface area contributed by atoms with Crippen LogP contribution in [0.5, 0.6) is 0 Å². The topological polar surface area (TPSA) is 12.0 Å². The lowest BCUT2D eigenvalue weighted by Crippen LogP contribution is -2.24. The summed E-state index contributed by atoms with van der Waals surface area (Å²) < 4.78 is 13.0. The minimum absolute atomic E-state index is 0.154. The Kier molecular flexibility index (Phi) is 6.18. The van der Waals surface area contributed by atoms with Crippen molar-refractivity contribution >= 4 is 11.8 Å². The second kappa shape index (κ2) is 7.91. The Bertz CT molecular complexity index is 360. The largest absolute Gasteiger partial charge is 0.310 e. The molecule has 1 saturated carbocycles. The molecule has 0 heterocycles. The van der Waals surface area contributed by atoms with Crippen LogP contribution in [0.1, 0.15) is 50.6 Å². The summed E-state index contributed by atoms with van der Waals surface area (Å²) in [5.74, 6) is 0.934. The summed E-state index contributed by atoms with van der Waals surface area (Å²) in [6, 6.07) is 7.28. The van der Waals surface area contributed by atoms with Crippen LogP contribution in [-0.4, -0.2) is 17.5 Å². The molecule has 1 aliphatic carbocycles. The molecule has 0 spiro atoms. The van der Waals surface area contributed by atoms with E-state index in [9.17, 15) is 4.39 Å². The molecular weight excluding hydrogens is 257 g/mol.